The molecule has 2 heterocycles. The van der Waals surface area contributed by atoms with E-state index < -0.39 is 0 Å². The van der Waals surface area contributed by atoms with E-state index in [1.807, 2.05) is 71.3 Å². The zero-order valence-electron chi connectivity index (χ0n) is 14.0. The number of halogens is 2. The van der Waals surface area contributed by atoms with Gasteiger partial charge in [0, 0.05) is 29.7 Å². The van der Waals surface area contributed by atoms with Crippen LogP contribution in [-0.4, -0.2) is 0 Å². The van der Waals surface area contributed by atoms with Crippen molar-refractivity contribution in [2.75, 3.05) is 0 Å². The molecule has 2 aromatic carbocycles. The van der Waals surface area contributed by atoms with E-state index in [1.165, 1.54) is 39.2 Å². The van der Waals surface area contributed by atoms with Crippen molar-refractivity contribution in [3.05, 3.63) is 88.0 Å². The summed E-state index contributed by atoms with van der Waals surface area (Å²) in [6.07, 6.45) is 0. The summed E-state index contributed by atoms with van der Waals surface area (Å²) in [6, 6.07) is 16.2. The van der Waals surface area contributed by atoms with Crippen LogP contribution in [0.4, 0.5) is 0 Å². The summed E-state index contributed by atoms with van der Waals surface area (Å²) < 4.78 is 2.73. The summed E-state index contributed by atoms with van der Waals surface area (Å²) in [5, 5.41) is 1.55. The zero-order chi connectivity index (χ0) is 18.3. The molecule has 0 unspecified atom stereocenters. The quantitative estimate of drug-likeness (QED) is 0.444. The molecule has 0 N–H and O–H groups in total. The maximum absolute atomic E-state index is 6.03. The monoisotopic (exact) mass is 452 g/mol. The number of thioether (sulfide) groups is 4. The average molecular weight is 454 g/mol. The normalized spacial score (nSPS) is 20.5. The molecule has 2 aliphatic heterocycles. The molecule has 26 heavy (non-hydrogen) atoms. The third-order valence-corrected chi connectivity index (χ3v) is 10.3. The fraction of sp³-hybridized carbons (Fsp3) is 0.100. The lowest BCUT2D eigenvalue weighted by Crippen LogP contribution is -1.78. The van der Waals surface area contributed by atoms with Gasteiger partial charge in [-0.25, -0.2) is 0 Å². The third kappa shape index (κ3) is 3.91. The molecule has 0 bridgehead atoms. The molecular formula is C20H14Cl2S4. The van der Waals surface area contributed by atoms with E-state index in [-0.39, 0.29) is 0 Å². The van der Waals surface area contributed by atoms with Gasteiger partial charge in [-0.1, -0.05) is 94.5 Å². The van der Waals surface area contributed by atoms with Gasteiger partial charge in [0.25, 0.3) is 0 Å². The van der Waals surface area contributed by atoms with Gasteiger partial charge in [-0.05, 0) is 49.2 Å². The van der Waals surface area contributed by atoms with Crippen molar-refractivity contribution in [2.24, 2.45) is 0 Å². The van der Waals surface area contributed by atoms with Crippen molar-refractivity contribution in [1.82, 2.24) is 0 Å². The fourth-order valence-corrected chi connectivity index (χ4v) is 8.45. The summed E-state index contributed by atoms with van der Waals surface area (Å²) in [7, 11) is 0. The van der Waals surface area contributed by atoms with Gasteiger partial charge < -0.3 is 0 Å². The molecule has 4 rings (SSSR count). The Morgan fingerprint density at radius 1 is 0.538 bits per heavy atom. The maximum atomic E-state index is 6.03. The van der Waals surface area contributed by atoms with Crippen LogP contribution in [0.1, 0.15) is 25.0 Å². The van der Waals surface area contributed by atoms with Crippen LogP contribution in [0, 0.1) is 0 Å². The molecule has 2 aromatic rings. The Morgan fingerprint density at radius 2 is 0.885 bits per heavy atom. The summed E-state index contributed by atoms with van der Waals surface area (Å²) in [6.45, 7) is 4.39. The molecule has 132 valence electrons. The van der Waals surface area contributed by atoms with Gasteiger partial charge in [0.15, 0.2) is 0 Å². The molecule has 0 aromatic heterocycles. The zero-order valence-corrected chi connectivity index (χ0v) is 18.8. The Kier molecular flexibility index (Phi) is 5.80. The highest BCUT2D eigenvalue weighted by atomic mass is 35.5. The number of benzene rings is 2. The van der Waals surface area contributed by atoms with Gasteiger partial charge in [-0.2, -0.15) is 0 Å². The Bertz CT molecular complexity index is 875. The molecule has 2 aliphatic rings. The second kappa shape index (κ2) is 7.94. The van der Waals surface area contributed by atoms with Gasteiger partial charge in [0.1, 0.15) is 0 Å². The van der Waals surface area contributed by atoms with Gasteiger partial charge in [-0.15, -0.1) is 0 Å². The lowest BCUT2D eigenvalue weighted by Gasteiger charge is -2.05. The van der Waals surface area contributed by atoms with Crippen molar-refractivity contribution >= 4 is 80.1 Å². The van der Waals surface area contributed by atoms with Gasteiger partial charge in [0.2, 0.25) is 0 Å². The van der Waals surface area contributed by atoms with E-state index in [0.717, 1.165) is 10.0 Å². The largest absolute Gasteiger partial charge is 0.0845 e. The predicted molar refractivity (Wildman–Crippen MR) is 125 cm³/mol. The summed E-state index contributed by atoms with van der Waals surface area (Å²) >= 11 is 19.5. The van der Waals surface area contributed by atoms with Crippen LogP contribution in [0.2, 0.25) is 10.0 Å². The fourth-order valence-electron chi connectivity index (χ4n) is 2.64. The molecule has 0 fully saturated rings. The standard InChI is InChI=1S/C20H14Cl2S4/c1-11-17(13-3-7-15(21)8-4-13)25-19(23-11)20-24-12(2)18(26-20)14-5-9-16(22)10-6-14/h3-10H,1-2H3. The molecule has 0 radical (unpaired) electrons. The Morgan fingerprint density at radius 3 is 1.23 bits per heavy atom. The van der Waals surface area contributed by atoms with Crippen LogP contribution in [0.5, 0.6) is 0 Å². The molecule has 0 spiro atoms. The second-order valence-corrected chi connectivity index (χ2v) is 11.6. The molecule has 0 amide bonds. The molecule has 0 aliphatic carbocycles. The molecule has 0 nitrogen and oxygen atoms in total. The summed E-state index contributed by atoms with van der Waals surface area (Å²) in [5.74, 6) is 0. The van der Waals surface area contributed by atoms with Gasteiger partial charge in [0.05, 0.1) is 8.47 Å². The topological polar surface area (TPSA) is 0 Å². The van der Waals surface area contributed by atoms with E-state index in [2.05, 4.69) is 38.1 Å². The van der Waals surface area contributed by atoms with E-state index in [0.29, 0.717) is 0 Å². The molecule has 0 saturated carbocycles. The second-order valence-electron chi connectivity index (χ2n) is 5.77. The van der Waals surface area contributed by atoms with Crippen LogP contribution in [0.3, 0.4) is 0 Å². The first-order chi connectivity index (χ1) is 12.5. The van der Waals surface area contributed by atoms with Gasteiger partial charge >= 0.3 is 0 Å². The van der Waals surface area contributed by atoms with Gasteiger partial charge in [-0.3, -0.25) is 0 Å². The lowest BCUT2D eigenvalue weighted by atomic mass is 10.2. The van der Waals surface area contributed by atoms with Crippen molar-refractivity contribution < 1.29 is 0 Å². The number of hydrogen-bond acceptors (Lipinski definition) is 4. The minimum atomic E-state index is 0.774. The van der Waals surface area contributed by atoms with Crippen molar-refractivity contribution in [3.8, 4) is 0 Å². The molecule has 6 heteroatoms. The number of hydrogen-bond donors (Lipinski definition) is 0. The van der Waals surface area contributed by atoms with Crippen LogP contribution in [0.15, 0.2) is 66.8 Å². The van der Waals surface area contributed by atoms with Crippen LogP contribution in [0.25, 0.3) is 9.81 Å². The highest BCUT2D eigenvalue weighted by Gasteiger charge is 2.28. The van der Waals surface area contributed by atoms with Crippen LogP contribution < -0.4 is 0 Å². The Balaban J connectivity index is 1.57. The van der Waals surface area contributed by atoms with E-state index in [9.17, 15) is 0 Å². The Labute approximate surface area is 180 Å². The molecular weight excluding hydrogens is 439 g/mol. The smallest absolute Gasteiger partial charge is 0.0703 e. The highest BCUT2D eigenvalue weighted by molar-refractivity contribution is 8.37. The number of allylic oxidation sites excluding steroid dienone is 2. The maximum Gasteiger partial charge on any atom is 0.0703 e. The first kappa shape index (κ1) is 19.0. The SMILES string of the molecule is CC1=C(c2ccc(Cl)cc2)SC(=C2SC(C)=C(c3ccc(Cl)cc3)S2)S1. The Hall–Kier alpha value is -0.360. The van der Waals surface area contributed by atoms with Crippen LogP contribution in [-0.2, 0) is 0 Å². The highest BCUT2D eigenvalue weighted by Crippen LogP contribution is 2.63. The molecule has 0 atom stereocenters. The minimum Gasteiger partial charge on any atom is -0.0845 e. The van der Waals surface area contributed by atoms with E-state index in [4.69, 9.17) is 23.2 Å². The first-order valence-electron chi connectivity index (χ1n) is 7.90. The lowest BCUT2D eigenvalue weighted by molar-refractivity contribution is 1.62. The average Bonchev–Trinajstić information content (AvgIpc) is 3.20. The van der Waals surface area contributed by atoms with Crippen molar-refractivity contribution in [1.29, 1.82) is 0 Å². The number of rotatable bonds is 2. The molecule has 0 saturated heterocycles. The third-order valence-electron chi connectivity index (χ3n) is 3.90. The van der Waals surface area contributed by atoms with E-state index in [1.54, 1.807) is 0 Å². The van der Waals surface area contributed by atoms with Crippen molar-refractivity contribution in [2.45, 2.75) is 13.8 Å². The minimum absolute atomic E-state index is 0.774. The first-order valence-corrected chi connectivity index (χ1v) is 11.9. The summed E-state index contributed by atoms with van der Waals surface area (Å²) in [5.41, 5.74) is 2.46. The summed E-state index contributed by atoms with van der Waals surface area (Å²) in [4.78, 5) is 5.35. The van der Waals surface area contributed by atoms with Crippen LogP contribution >= 0.6 is 70.2 Å². The predicted octanol–water partition coefficient (Wildman–Crippen LogP) is 9.16. The van der Waals surface area contributed by atoms with Crippen molar-refractivity contribution in [3.63, 3.8) is 0 Å². The van der Waals surface area contributed by atoms with E-state index >= 15 is 0 Å².